The van der Waals surface area contributed by atoms with Gasteiger partial charge in [-0.2, -0.15) is 0 Å². The molecule has 1 rings (SSSR count). The molecule has 0 fully saturated rings. The topological polar surface area (TPSA) is 245 Å². The van der Waals surface area contributed by atoms with Gasteiger partial charge in [-0.1, -0.05) is 30.3 Å². The quantitative estimate of drug-likeness (QED) is 0.0692. The number of hydrogen-bond donors (Lipinski definition) is 7. The average molecular weight is 551 g/mol. The molecule has 0 bridgehead atoms. The molecule has 1 aromatic carbocycles. The number of alkyl carbamates (subject to hydrolysis) is 1. The van der Waals surface area contributed by atoms with E-state index in [1.807, 2.05) is 6.07 Å². The van der Waals surface area contributed by atoms with Gasteiger partial charge in [0.05, 0.1) is 12.6 Å². The van der Waals surface area contributed by atoms with Crippen molar-refractivity contribution in [1.29, 1.82) is 0 Å². The van der Waals surface area contributed by atoms with E-state index in [9.17, 15) is 24.0 Å². The predicted octanol–water partition coefficient (Wildman–Crippen LogP) is -1.78. The summed E-state index contributed by atoms with van der Waals surface area (Å²) in [4.78, 5) is 65.8. The number of amides is 4. The summed E-state index contributed by atoms with van der Waals surface area (Å²) in [5, 5.41) is 16.3. The fourth-order valence-electron chi connectivity index (χ4n) is 3.16. The average Bonchev–Trinajstić information content (AvgIpc) is 2.88. The third-order valence-electron chi connectivity index (χ3n) is 5.30. The maximum atomic E-state index is 13.0. The summed E-state index contributed by atoms with van der Waals surface area (Å²) in [6.07, 6.45) is -0.0568. The largest absolute Gasteiger partial charge is 0.480 e. The summed E-state index contributed by atoms with van der Waals surface area (Å²) >= 11 is 0. The maximum Gasteiger partial charge on any atom is 0.408 e. The smallest absolute Gasteiger partial charge is 0.408 e. The monoisotopic (exact) mass is 550 g/mol. The summed E-state index contributed by atoms with van der Waals surface area (Å²) in [7, 11) is 0. The summed E-state index contributed by atoms with van der Waals surface area (Å²) in [6, 6.07) is 5.81. The van der Waals surface area contributed by atoms with E-state index in [0.29, 0.717) is 19.4 Å². The van der Waals surface area contributed by atoms with Crippen LogP contribution in [-0.2, 0) is 30.5 Å². The second-order valence-electron chi connectivity index (χ2n) is 8.66. The van der Waals surface area contributed by atoms with E-state index >= 15 is 0 Å². The lowest BCUT2D eigenvalue weighted by Gasteiger charge is -2.26. The zero-order valence-corrected chi connectivity index (χ0v) is 22.1. The Labute approximate surface area is 226 Å². The van der Waals surface area contributed by atoms with Crippen LogP contribution in [-0.4, -0.2) is 90.1 Å². The van der Waals surface area contributed by atoms with Crippen molar-refractivity contribution in [2.45, 2.75) is 51.4 Å². The number of carbonyl (C=O) groups is 5. The Kier molecular flexibility index (Phi) is 14.4. The van der Waals surface area contributed by atoms with Crippen molar-refractivity contribution in [2.24, 2.45) is 22.2 Å². The highest BCUT2D eigenvalue weighted by Crippen LogP contribution is 2.02. The van der Waals surface area contributed by atoms with Crippen molar-refractivity contribution in [3.05, 3.63) is 35.9 Å². The number of carbonyl (C=O) groups excluding carboxylic acids is 4. The van der Waals surface area contributed by atoms with Gasteiger partial charge >= 0.3 is 12.1 Å². The lowest BCUT2D eigenvalue weighted by atomic mass is 10.1. The number of benzene rings is 1. The first-order chi connectivity index (χ1) is 18.4. The SMILES string of the molecule is C[C@H](NC(=O)CN(CCNC(=O)[C@@H](N)CCCN=C(N)N)C(=O)[C@H](C)NC(=O)OCc1ccccc1)C(=O)O. The van der Waals surface area contributed by atoms with E-state index in [1.165, 1.54) is 13.8 Å². The number of aliphatic imine (C=N–C) groups is 1. The minimum Gasteiger partial charge on any atom is -0.480 e. The molecule has 0 radical (unpaired) electrons. The molecule has 216 valence electrons. The summed E-state index contributed by atoms with van der Waals surface area (Å²) in [5.41, 5.74) is 17.1. The van der Waals surface area contributed by atoms with Gasteiger partial charge in [0.1, 0.15) is 18.7 Å². The number of nitrogens with zero attached hydrogens (tertiary/aromatic N) is 2. The first-order valence-corrected chi connectivity index (χ1v) is 12.3. The highest BCUT2D eigenvalue weighted by Gasteiger charge is 2.26. The molecule has 0 aliphatic carbocycles. The molecule has 0 saturated heterocycles. The molecule has 0 heterocycles. The second kappa shape index (κ2) is 17.2. The number of nitrogens with one attached hydrogen (secondary N) is 3. The lowest BCUT2D eigenvalue weighted by molar-refractivity contribution is -0.142. The number of nitrogens with two attached hydrogens (primary N) is 3. The van der Waals surface area contributed by atoms with Crippen LogP contribution in [0.3, 0.4) is 0 Å². The fourth-order valence-corrected chi connectivity index (χ4v) is 3.16. The number of carboxylic acid groups (broad SMARTS) is 1. The van der Waals surface area contributed by atoms with Crippen molar-refractivity contribution < 1.29 is 33.8 Å². The Hall–Kier alpha value is -4.40. The van der Waals surface area contributed by atoms with Crippen LogP contribution in [0.25, 0.3) is 0 Å². The molecular formula is C24H38N8O7. The van der Waals surface area contributed by atoms with Crippen molar-refractivity contribution >= 4 is 35.7 Å². The van der Waals surface area contributed by atoms with E-state index in [-0.39, 0.29) is 25.7 Å². The minimum atomic E-state index is -1.25. The van der Waals surface area contributed by atoms with E-state index in [2.05, 4.69) is 20.9 Å². The molecule has 0 aliphatic heterocycles. The standard InChI is InChI=1S/C24H38N8O7/c1-15(31-24(38)39-14-17-7-4-3-5-8-17)21(35)32(13-19(33)30-16(2)22(36)37)12-11-28-20(34)18(25)9-6-10-29-23(26)27/h3-5,7-8,15-16,18H,6,9-14,25H2,1-2H3,(H,28,34)(H,30,33)(H,31,38)(H,36,37)(H4,26,27,29)/t15-,16-,18-/m0/s1. The van der Waals surface area contributed by atoms with Gasteiger partial charge < -0.3 is 47.9 Å². The Morgan fingerprint density at radius 2 is 1.72 bits per heavy atom. The van der Waals surface area contributed by atoms with Crippen LogP contribution in [0.2, 0.25) is 0 Å². The van der Waals surface area contributed by atoms with Crippen LogP contribution in [0.5, 0.6) is 0 Å². The van der Waals surface area contributed by atoms with E-state index in [4.69, 9.17) is 27.0 Å². The first kappa shape index (κ1) is 32.6. The van der Waals surface area contributed by atoms with Gasteiger partial charge in [0.25, 0.3) is 0 Å². The van der Waals surface area contributed by atoms with Crippen molar-refractivity contribution in [2.75, 3.05) is 26.2 Å². The van der Waals surface area contributed by atoms with Gasteiger partial charge in [-0.25, -0.2) is 4.79 Å². The van der Waals surface area contributed by atoms with Crippen LogP contribution in [0.4, 0.5) is 4.79 Å². The van der Waals surface area contributed by atoms with Crippen LogP contribution < -0.4 is 33.2 Å². The molecule has 0 saturated carbocycles. The molecule has 0 aliphatic rings. The summed E-state index contributed by atoms with van der Waals surface area (Å²) < 4.78 is 5.12. The number of aliphatic carboxylic acids is 1. The van der Waals surface area contributed by atoms with E-state index < -0.39 is 54.5 Å². The van der Waals surface area contributed by atoms with Gasteiger partial charge in [0.2, 0.25) is 17.7 Å². The van der Waals surface area contributed by atoms with Gasteiger partial charge in [-0.05, 0) is 32.3 Å². The molecule has 10 N–H and O–H groups in total. The lowest BCUT2D eigenvalue weighted by Crippen LogP contribution is -2.53. The molecule has 15 heteroatoms. The molecule has 3 atom stereocenters. The van der Waals surface area contributed by atoms with Crippen molar-refractivity contribution in [3.8, 4) is 0 Å². The molecule has 39 heavy (non-hydrogen) atoms. The Balaban J connectivity index is 2.71. The third-order valence-corrected chi connectivity index (χ3v) is 5.30. The van der Waals surface area contributed by atoms with Gasteiger partial charge in [-0.15, -0.1) is 0 Å². The van der Waals surface area contributed by atoms with Crippen LogP contribution in [0, 0.1) is 0 Å². The van der Waals surface area contributed by atoms with Crippen molar-refractivity contribution in [3.63, 3.8) is 0 Å². The second-order valence-corrected chi connectivity index (χ2v) is 8.66. The molecule has 4 amide bonds. The zero-order valence-electron chi connectivity index (χ0n) is 22.1. The first-order valence-electron chi connectivity index (χ1n) is 12.3. The summed E-state index contributed by atoms with van der Waals surface area (Å²) in [5.74, 6) is -3.18. The minimum absolute atomic E-state index is 0.00890. The maximum absolute atomic E-state index is 13.0. The van der Waals surface area contributed by atoms with Gasteiger partial charge in [-0.3, -0.25) is 24.2 Å². The summed E-state index contributed by atoms with van der Waals surface area (Å²) in [6.45, 7) is 2.29. The number of hydrogen-bond acceptors (Lipinski definition) is 8. The number of rotatable bonds is 16. The number of carboxylic acids is 1. The molecule has 1 aromatic rings. The molecule has 0 spiro atoms. The molecular weight excluding hydrogens is 512 g/mol. The van der Waals surface area contributed by atoms with E-state index in [0.717, 1.165) is 10.5 Å². The van der Waals surface area contributed by atoms with Crippen LogP contribution in [0.1, 0.15) is 32.3 Å². The third kappa shape index (κ3) is 13.6. The molecule has 15 nitrogen and oxygen atoms in total. The normalized spacial score (nSPS) is 12.7. The number of ether oxygens (including phenoxy) is 1. The molecule has 0 aromatic heterocycles. The Bertz CT molecular complexity index is 1000. The fraction of sp³-hybridized carbons (Fsp3) is 0.500. The van der Waals surface area contributed by atoms with Gasteiger partial charge in [0, 0.05) is 19.6 Å². The van der Waals surface area contributed by atoms with Crippen LogP contribution in [0.15, 0.2) is 35.3 Å². The van der Waals surface area contributed by atoms with E-state index in [1.54, 1.807) is 24.3 Å². The Morgan fingerprint density at radius 1 is 1.05 bits per heavy atom. The predicted molar refractivity (Wildman–Crippen MR) is 142 cm³/mol. The van der Waals surface area contributed by atoms with Crippen LogP contribution >= 0.6 is 0 Å². The molecule has 0 unspecified atom stereocenters. The highest BCUT2D eigenvalue weighted by molar-refractivity contribution is 5.90. The Morgan fingerprint density at radius 3 is 2.33 bits per heavy atom. The van der Waals surface area contributed by atoms with Crippen molar-refractivity contribution in [1.82, 2.24) is 20.9 Å². The zero-order chi connectivity index (χ0) is 29.4. The van der Waals surface area contributed by atoms with Gasteiger partial charge in [0.15, 0.2) is 5.96 Å². The number of guanidine groups is 1. The highest BCUT2D eigenvalue weighted by atomic mass is 16.5.